The van der Waals surface area contributed by atoms with Gasteiger partial charge in [-0.25, -0.2) is 0 Å². The van der Waals surface area contributed by atoms with Crippen molar-refractivity contribution < 1.29 is 14.1 Å². The number of aliphatic hydroxyl groups excluding tert-OH is 1. The summed E-state index contributed by atoms with van der Waals surface area (Å²) in [4.78, 5) is 24.0. The zero-order chi connectivity index (χ0) is 25.5. The second kappa shape index (κ2) is 12.1. The molecule has 1 saturated heterocycles. The van der Waals surface area contributed by atoms with Gasteiger partial charge in [-0.1, -0.05) is 18.2 Å². The first-order valence-corrected chi connectivity index (χ1v) is 13.4. The number of carbonyl (C=O) groups excluding carboxylic acids is 1. The molecule has 190 valence electrons. The Bertz CT molecular complexity index is 1200. The zero-order valence-corrected chi connectivity index (χ0v) is 21.6. The van der Waals surface area contributed by atoms with Crippen molar-refractivity contribution in [2.75, 3.05) is 68.5 Å². The molecule has 1 aliphatic rings. The van der Waals surface area contributed by atoms with Crippen molar-refractivity contribution in [2.45, 2.75) is 10.6 Å². The summed E-state index contributed by atoms with van der Waals surface area (Å²) in [7, 11) is 2.54. The van der Waals surface area contributed by atoms with Gasteiger partial charge in [-0.3, -0.25) is 18.9 Å². The lowest BCUT2D eigenvalue weighted by molar-refractivity contribution is 0.102. The van der Waals surface area contributed by atoms with Crippen molar-refractivity contribution in [1.82, 2.24) is 9.88 Å². The highest BCUT2D eigenvalue weighted by Crippen LogP contribution is 2.30. The van der Waals surface area contributed by atoms with Crippen LogP contribution in [0.5, 0.6) is 0 Å². The normalized spacial score (nSPS) is 14.9. The molecule has 4 rings (SSSR count). The molecule has 36 heavy (non-hydrogen) atoms. The van der Waals surface area contributed by atoms with E-state index >= 15 is 0 Å². The Kier molecular flexibility index (Phi) is 8.69. The van der Waals surface area contributed by atoms with Crippen LogP contribution in [0.25, 0.3) is 0 Å². The van der Waals surface area contributed by atoms with Gasteiger partial charge in [0.05, 0.1) is 39.3 Å². The van der Waals surface area contributed by atoms with Gasteiger partial charge in [-0.2, -0.15) is 0 Å². The molecule has 1 atom stereocenters. The van der Waals surface area contributed by atoms with Crippen LogP contribution in [0.1, 0.15) is 15.9 Å². The molecule has 0 spiro atoms. The van der Waals surface area contributed by atoms with E-state index in [0.717, 1.165) is 43.1 Å². The molecule has 1 aliphatic heterocycles. The molecule has 3 aromatic rings. The molecule has 2 aromatic carbocycles. The van der Waals surface area contributed by atoms with E-state index in [1.807, 2.05) is 61.5 Å². The van der Waals surface area contributed by atoms with Gasteiger partial charge in [-0.15, -0.1) is 0 Å². The van der Waals surface area contributed by atoms with Gasteiger partial charge < -0.3 is 20.2 Å². The Labute approximate surface area is 215 Å². The maximum Gasteiger partial charge on any atom is 0.257 e. The molecule has 2 heterocycles. The Hall–Kier alpha value is -3.27. The molecule has 2 N–H and O–H groups in total. The number of para-hydroxylation sites is 1. The number of carbonyl (C=O) groups is 1. The number of aromatic nitrogens is 1. The molecule has 0 saturated carbocycles. The molecule has 1 fully saturated rings. The fraction of sp³-hybridized carbons (Fsp3) is 0.333. The number of hydrogen-bond acceptors (Lipinski definition) is 7. The van der Waals surface area contributed by atoms with Crippen LogP contribution >= 0.6 is 0 Å². The molecule has 0 radical (unpaired) electrons. The maximum atomic E-state index is 13.8. The number of aliphatic hydroxyl groups is 1. The van der Waals surface area contributed by atoms with Crippen molar-refractivity contribution >= 4 is 33.8 Å². The third-order valence-corrected chi connectivity index (χ3v) is 7.70. The summed E-state index contributed by atoms with van der Waals surface area (Å²) < 4.78 is 13.8. The van der Waals surface area contributed by atoms with Gasteiger partial charge in [0, 0.05) is 70.6 Å². The lowest BCUT2D eigenvalue weighted by atomic mass is 10.2. The quantitative estimate of drug-likeness (QED) is 0.460. The average molecular weight is 508 g/mol. The molecular formula is C27H33N5O3S. The van der Waals surface area contributed by atoms with Crippen molar-refractivity contribution in [3.8, 4) is 0 Å². The number of nitrogens with zero attached hydrogens (tertiary/aromatic N) is 4. The maximum absolute atomic E-state index is 13.8. The summed E-state index contributed by atoms with van der Waals surface area (Å²) in [5.74, 6) is 0.0399. The largest absolute Gasteiger partial charge is 0.395 e. The molecule has 1 unspecified atom stereocenters. The second-order valence-electron chi connectivity index (χ2n) is 8.94. The van der Waals surface area contributed by atoms with E-state index in [9.17, 15) is 14.1 Å². The van der Waals surface area contributed by atoms with Crippen LogP contribution in [0.2, 0.25) is 0 Å². The lowest BCUT2D eigenvalue weighted by Gasteiger charge is -2.36. The van der Waals surface area contributed by atoms with E-state index in [1.54, 1.807) is 18.3 Å². The standard InChI is InChI=1S/C27H33N5O3S/c1-30(2)25-8-4-3-6-22(25)20-36(35)26-18-23(32-14-12-31(13-15-32)16-17-33)9-10-24(26)29-27(34)21-7-5-11-28-19-21/h3-11,18-19,33H,12-17,20H2,1-2H3,(H,29,34). The topological polar surface area (TPSA) is 89.0 Å². The van der Waals surface area contributed by atoms with Crippen molar-refractivity contribution in [3.63, 3.8) is 0 Å². The summed E-state index contributed by atoms with van der Waals surface area (Å²) in [6, 6.07) is 17.1. The summed E-state index contributed by atoms with van der Waals surface area (Å²) in [6.07, 6.45) is 3.13. The van der Waals surface area contributed by atoms with E-state index < -0.39 is 10.8 Å². The first-order chi connectivity index (χ1) is 17.5. The van der Waals surface area contributed by atoms with Gasteiger partial charge >= 0.3 is 0 Å². The number of piperazine rings is 1. The molecule has 8 nitrogen and oxygen atoms in total. The number of anilines is 3. The van der Waals surface area contributed by atoms with E-state index in [2.05, 4.69) is 20.1 Å². The first-order valence-electron chi connectivity index (χ1n) is 12.0. The molecule has 1 amide bonds. The number of nitrogens with one attached hydrogen (secondary N) is 1. The van der Waals surface area contributed by atoms with Gasteiger partial charge in [0.25, 0.3) is 5.91 Å². The van der Waals surface area contributed by atoms with Gasteiger partial charge in [-0.05, 0) is 42.0 Å². The lowest BCUT2D eigenvalue weighted by Crippen LogP contribution is -2.47. The average Bonchev–Trinajstić information content (AvgIpc) is 2.90. The van der Waals surface area contributed by atoms with Crippen LogP contribution in [-0.2, 0) is 16.6 Å². The minimum absolute atomic E-state index is 0.156. The number of amides is 1. The van der Waals surface area contributed by atoms with Gasteiger partial charge in [0.2, 0.25) is 0 Å². The zero-order valence-electron chi connectivity index (χ0n) is 20.8. The summed E-state index contributed by atoms with van der Waals surface area (Å²) in [6.45, 7) is 4.17. The van der Waals surface area contributed by atoms with Crippen molar-refractivity contribution in [1.29, 1.82) is 0 Å². The molecule has 0 aliphatic carbocycles. The van der Waals surface area contributed by atoms with Crippen LogP contribution in [0.4, 0.5) is 17.1 Å². The highest BCUT2D eigenvalue weighted by molar-refractivity contribution is 7.84. The van der Waals surface area contributed by atoms with Crippen molar-refractivity contribution in [3.05, 3.63) is 78.1 Å². The van der Waals surface area contributed by atoms with Crippen LogP contribution in [0, 0.1) is 0 Å². The van der Waals surface area contributed by atoms with E-state index in [1.165, 1.54) is 6.20 Å². The SMILES string of the molecule is CN(C)c1ccccc1CS(=O)c1cc(N2CCN(CCO)CC2)ccc1NC(=O)c1cccnc1. The first kappa shape index (κ1) is 25.8. The van der Waals surface area contributed by atoms with Gasteiger partial charge in [0.1, 0.15) is 0 Å². The van der Waals surface area contributed by atoms with Gasteiger partial charge in [0.15, 0.2) is 0 Å². The molecule has 0 bridgehead atoms. The third-order valence-electron chi connectivity index (χ3n) is 6.30. The summed E-state index contributed by atoms with van der Waals surface area (Å²) in [5.41, 5.74) is 3.95. The Balaban J connectivity index is 1.62. The summed E-state index contributed by atoms with van der Waals surface area (Å²) in [5, 5.41) is 12.2. The number of benzene rings is 2. The number of rotatable bonds is 9. The highest BCUT2D eigenvalue weighted by atomic mass is 32.2. The predicted octanol–water partition coefficient (Wildman–Crippen LogP) is 2.82. The van der Waals surface area contributed by atoms with Crippen LogP contribution in [0.15, 0.2) is 71.9 Å². The minimum atomic E-state index is -1.40. The Morgan fingerprint density at radius 3 is 2.56 bits per heavy atom. The smallest absolute Gasteiger partial charge is 0.257 e. The Morgan fingerprint density at radius 1 is 1.08 bits per heavy atom. The highest BCUT2D eigenvalue weighted by Gasteiger charge is 2.21. The monoisotopic (exact) mass is 507 g/mol. The molecule has 9 heteroatoms. The van der Waals surface area contributed by atoms with Crippen LogP contribution in [0.3, 0.4) is 0 Å². The number of hydrogen-bond donors (Lipinski definition) is 2. The number of pyridine rings is 1. The molecular weight excluding hydrogens is 474 g/mol. The fourth-order valence-corrected chi connectivity index (χ4v) is 5.65. The van der Waals surface area contributed by atoms with E-state index in [0.29, 0.717) is 28.4 Å². The fourth-order valence-electron chi connectivity index (χ4n) is 4.35. The predicted molar refractivity (Wildman–Crippen MR) is 145 cm³/mol. The third kappa shape index (κ3) is 6.29. The molecule has 1 aromatic heterocycles. The minimum Gasteiger partial charge on any atom is -0.395 e. The van der Waals surface area contributed by atoms with E-state index in [-0.39, 0.29) is 12.5 Å². The summed E-state index contributed by atoms with van der Waals surface area (Å²) >= 11 is 0. The number of β-amino-alcohol motifs (C(OH)–C–C–N with tert-alkyl or cyclic N) is 1. The van der Waals surface area contributed by atoms with E-state index in [4.69, 9.17) is 0 Å². The van der Waals surface area contributed by atoms with Crippen LogP contribution in [-0.4, -0.2) is 78.5 Å². The van der Waals surface area contributed by atoms with Crippen molar-refractivity contribution in [2.24, 2.45) is 0 Å². The second-order valence-corrected chi connectivity index (χ2v) is 10.4. The Morgan fingerprint density at radius 2 is 1.86 bits per heavy atom. The van der Waals surface area contributed by atoms with Crippen LogP contribution < -0.4 is 15.1 Å².